The van der Waals surface area contributed by atoms with Crippen LogP contribution in [0.5, 0.6) is 5.75 Å². The smallest absolute Gasteiger partial charge is 0.275 e. The molecule has 24 heavy (non-hydrogen) atoms. The van der Waals surface area contributed by atoms with Gasteiger partial charge in [0, 0.05) is 18.4 Å². The van der Waals surface area contributed by atoms with Crippen LogP contribution in [0.25, 0.3) is 0 Å². The third-order valence-corrected chi connectivity index (χ3v) is 4.04. The molecule has 3 rings (SSSR count). The van der Waals surface area contributed by atoms with Gasteiger partial charge in [-0.3, -0.25) is 14.4 Å². The Kier molecular flexibility index (Phi) is 4.36. The van der Waals surface area contributed by atoms with Crippen LogP contribution in [0.4, 0.5) is 16.5 Å². The molecule has 124 valence electrons. The van der Waals surface area contributed by atoms with Crippen LogP contribution >= 0.6 is 22.9 Å². The van der Waals surface area contributed by atoms with Gasteiger partial charge >= 0.3 is 0 Å². The molecule has 2 aromatic rings. The molecule has 0 saturated carbocycles. The van der Waals surface area contributed by atoms with Gasteiger partial charge in [0.25, 0.3) is 11.8 Å². The molecule has 1 aliphatic heterocycles. The average molecular weight is 367 g/mol. The maximum atomic E-state index is 12.2. The van der Waals surface area contributed by atoms with Crippen LogP contribution in [0, 0.1) is 0 Å². The second kappa shape index (κ2) is 6.46. The lowest BCUT2D eigenvalue weighted by Gasteiger charge is -2.19. The first-order valence-electron chi connectivity index (χ1n) is 6.73. The molecule has 0 bridgehead atoms. The summed E-state index contributed by atoms with van der Waals surface area (Å²) in [4.78, 5) is 38.5. The average Bonchev–Trinajstić information content (AvgIpc) is 2.96. The number of nitrogens with one attached hydrogen (secondary N) is 3. The zero-order valence-electron chi connectivity index (χ0n) is 12.3. The van der Waals surface area contributed by atoms with Crippen LogP contribution < -0.4 is 20.7 Å². The minimum Gasteiger partial charge on any atom is -0.482 e. The van der Waals surface area contributed by atoms with E-state index >= 15 is 0 Å². The molecule has 0 spiro atoms. The lowest BCUT2D eigenvalue weighted by molar-refractivity contribution is -0.118. The summed E-state index contributed by atoms with van der Waals surface area (Å²) in [5.74, 6) is -0.618. The van der Waals surface area contributed by atoms with E-state index in [4.69, 9.17) is 16.3 Å². The van der Waals surface area contributed by atoms with Crippen molar-refractivity contribution in [3.05, 3.63) is 28.2 Å². The number of fused-ring (bicyclic) bond motifs is 1. The Morgan fingerprint density at radius 2 is 2.17 bits per heavy atom. The summed E-state index contributed by atoms with van der Waals surface area (Å²) in [6.07, 6.45) is 0. The molecular weight excluding hydrogens is 356 g/mol. The highest BCUT2D eigenvalue weighted by molar-refractivity contribution is 7.14. The monoisotopic (exact) mass is 366 g/mol. The van der Waals surface area contributed by atoms with Crippen molar-refractivity contribution in [1.82, 2.24) is 4.98 Å². The van der Waals surface area contributed by atoms with Crippen LogP contribution in [0.3, 0.4) is 0 Å². The Balaban J connectivity index is 1.78. The standard InChI is InChI=1S/C14H11ClN4O4S/c1-6(20)16-14-19-10(5-24-14)13(22)18-8-3-11-9(2-7(8)15)17-12(21)4-23-11/h2-3,5H,4H2,1H3,(H,17,21)(H,18,22)(H,16,19,20). The lowest BCUT2D eigenvalue weighted by atomic mass is 10.2. The van der Waals surface area contributed by atoms with Crippen molar-refractivity contribution >= 4 is 57.2 Å². The van der Waals surface area contributed by atoms with E-state index in [1.165, 1.54) is 24.4 Å². The normalized spacial score (nSPS) is 12.7. The fraction of sp³-hybridized carbons (Fsp3) is 0.143. The Morgan fingerprint density at radius 1 is 1.38 bits per heavy atom. The second-order valence-electron chi connectivity index (χ2n) is 4.84. The van der Waals surface area contributed by atoms with Crippen LogP contribution in [-0.4, -0.2) is 29.3 Å². The van der Waals surface area contributed by atoms with Crippen molar-refractivity contribution in [3.63, 3.8) is 0 Å². The predicted octanol–water partition coefficient (Wildman–Crippen LogP) is 2.34. The number of hydrogen-bond donors (Lipinski definition) is 3. The molecule has 3 amide bonds. The van der Waals surface area contributed by atoms with E-state index in [9.17, 15) is 14.4 Å². The van der Waals surface area contributed by atoms with E-state index in [-0.39, 0.29) is 29.1 Å². The van der Waals surface area contributed by atoms with E-state index in [1.54, 1.807) is 0 Å². The van der Waals surface area contributed by atoms with Gasteiger partial charge in [0.05, 0.1) is 16.4 Å². The van der Waals surface area contributed by atoms with Gasteiger partial charge in [-0.2, -0.15) is 0 Å². The summed E-state index contributed by atoms with van der Waals surface area (Å²) in [6.45, 7) is 1.25. The Morgan fingerprint density at radius 3 is 2.92 bits per heavy atom. The summed E-state index contributed by atoms with van der Waals surface area (Å²) in [5.41, 5.74) is 0.910. The predicted molar refractivity (Wildman–Crippen MR) is 89.9 cm³/mol. The van der Waals surface area contributed by atoms with Crippen molar-refractivity contribution in [2.24, 2.45) is 0 Å². The summed E-state index contributed by atoms with van der Waals surface area (Å²) < 4.78 is 5.28. The van der Waals surface area contributed by atoms with E-state index in [0.29, 0.717) is 22.3 Å². The molecule has 10 heteroatoms. The number of carbonyl (C=O) groups excluding carboxylic acids is 3. The first-order valence-corrected chi connectivity index (χ1v) is 7.99. The van der Waals surface area contributed by atoms with Crippen LogP contribution in [0.15, 0.2) is 17.5 Å². The van der Waals surface area contributed by atoms with Crippen molar-refractivity contribution < 1.29 is 19.1 Å². The van der Waals surface area contributed by atoms with Gasteiger partial charge in [-0.25, -0.2) is 4.98 Å². The summed E-state index contributed by atoms with van der Waals surface area (Å²) in [7, 11) is 0. The van der Waals surface area contributed by atoms with E-state index < -0.39 is 5.91 Å². The van der Waals surface area contributed by atoms with Gasteiger partial charge in [-0.05, 0) is 6.07 Å². The van der Waals surface area contributed by atoms with Crippen molar-refractivity contribution in [3.8, 4) is 5.75 Å². The maximum absolute atomic E-state index is 12.2. The van der Waals surface area contributed by atoms with Gasteiger partial charge in [-0.1, -0.05) is 11.6 Å². The first-order chi connectivity index (χ1) is 11.4. The van der Waals surface area contributed by atoms with Crippen LogP contribution in [0.1, 0.15) is 17.4 Å². The third-order valence-electron chi connectivity index (χ3n) is 2.97. The summed E-state index contributed by atoms with van der Waals surface area (Å²) >= 11 is 7.25. The van der Waals surface area contributed by atoms with Gasteiger partial charge in [0.1, 0.15) is 11.4 Å². The highest BCUT2D eigenvalue weighted by Crippen LogP contribution is 2.36. The number of nitrogens with zero attached hydrogens (tertiary/aromatic N) is 1. The highest BCUT2D eigenvalue weighted by atomic mass is 35.5. The number of anilines is 3. The van der Waals surface area contributed by atoms with E-state index in [2.05, 4.69) is 20.9 Å². The van der Waals surface area contributed by atoms with Crippen molar-refractivity contribution in [2.45, 2.75) is 6.92 Å². The van der Waals surface area contributed by atoms with Crippen LogP contribution in [-0.2, 0) is 9.59 Å². The molecule has 0 aliphatic carbocycles. The molecule has 0 fully saturated rings. The van der Waals surface area contributed by atoms with Crippen molar-refractivity contribution in [2.75, 3.05) is 22.6 Å². The number of hydrogen-bond acceptors (Lipinski definition) is 6. The van der Waals surface area contributed by atoms with Gasteiger partial charge < -0.3 is 20.7 Å². The summed E-state index contributed by atoms with van der Waals surface area (Å²) in [5, 5.41) is 9.83. The zero-order chi connectivity index (χ0) is 17.3. The Bertz CT molecular complexity index is 851. The second-order valence-corrected chi connectivity index (χ2v) is 6.10. The Hall–Kier alpha value is -2.65. The minimum atomic E-state index is -0.482. The number of aromatic nitrogens is 1. The topological polar surface area (TPSA) is 109 Å². The SMILES string of the molecule is CC(=O)Nc1nc(C(=O)Nc2cc3c(cc2Cl)NC(=O)CO3)cs1. The number of thiazole rings is 1. The molecule has 0 atom stereocenters. The lowest BCUT2D eigenvalue weighted by Crippen LogP contribution is -2.25. The quantitative estimate of drug-likeness (QED) is 0.772. The fourth-order valence-electron chi connectivity index (χ4n) is 1.97. The van der Waals surface area contributed by atoms with Gasteiger partial charge in [-0.15, -0.1) is 11.3 Å². The molecule has 0 radical (unpaired) electrons. The Labute approximate surface area is 145 Å². The molecule has 1 aliphatic rings. The molecule has 2 heterocycles. The first kappa shape index (κ1) is 16.2. The largest absolute Gasteiger partial charge is 0.482 e. The number of rotatable bonds is 3. The molecule has 0 saturated heterocycles. The van der Waals surface area contributed by atoms with E-state index in [0.717, 1.165) is 11.3 Å². The molecule has 1 aromatic carbocycles. The fourth-order valence-corrected chi connectivity index (χ4v) is 2.92. The minimum absolute atomic E-state index is 0.103. The molecule has 8 nitrogen and oxygen atoms in total. The van der Waals surface area contributed by atoms with Gasteiger partial charge in [0.2, 0.25) is 5.91 Å². The zero-order valence-corrected chi connectivity index (χ0v) is 13.9. The maximum Gasteiger partial charge on any atom is 0.275 e. The molecular formula is C14H11ClN4O4S. The third kappa shape index (κ3) is 3.47. The van der Waals surface area contributed by atoms with E-state index in [1.807, 2.05) is 0 Å². The highest BCUT2D eigenvalue weighted by Gasteiger charge is 2.20. The van der Waals surface area contributed by atoms with Crippen LogP contribution in [0.2, 0.25) is 5.02 Å². The number of amides is 3. The number of benzene rings is 1. The molecule has 1 aromatic heterocycles. The summed E-state index contributed by atoms with van der Waals surface area (Å²) in [6, 6.07) is 3.02. The number of carbonyl (C=O) groups is 3. The molecule has 0 unspecified atom stereocenters. The van der Waals surface area contributed by atoms with Crippen molar-refractivity contribution in [1.29, 1.82) is 0 Å². The molecule has 3 N–H and O–H groups in total. The number of ether oxygens (including phenoxy) is 1. The van der Waals surface area contributed by atoms with Gasteiger partial charge in [0.15, 0.2) is 11.7 Å². The number of halogens is 1.